The lowest BCUT2D eigenvalue weighted by Gasteiger charge is -2.16. The van der Waals surface area contributed by atoms with Crippen LogP contribution in [0.4, 0.5) is 5.69 Å². The van der Waals surface area contributed by atoms with Crippen molar-refractivity contribution in [2.45, 2.75) is 45.1 Å². The first-order valence-electron chi connectivity index (χ1n) is 9.61. The van der Waals surface area contributed by atoms with Crippen LogP contribution in [0.2, 0.25) is 0 Å². The maximum atomic E-state index is 12.1. The van der Waals surface area contributed by atoms with Gasteiger partial charge in [0.15, 0.2) is 0 Å². The summed E-state index contributed by atoms with van der Waals surface area (Å²) in [5, 5.41) is 2.96. The molecule has 3 N–H and O–H groups in total. The normalized spacial score (nSPS) is 26.7. The fourth-order valence-electron chi connectivity index (χ4n) is 3.93. The van der Waals surface area contributed by atoms with Crippen LogP contribution in [0.3, 0.4) is 0 Å². The molecule has 2 aliphatic rings. The molecule has 0 radical (unpaired) electrons. The first-order valence-corrected chi connectivity index (χ1v) is 9.61. The molecule has 1 saturated heterocycles. The average molecular weight is 345 g/mol. The van der Waals surface area contributed by atoms with E-state index in [0.717, 1.165) is 43.2 Å². The van der Waals surface area contributed by atoms with Crippen molar-refractivity contribution in [2.24, 2.45) is 17.6 Å². The average Bonchev–Trinajstić information content (AvgIpc) is 3.18. The van der Waals surface area contributed by atoms with Crippen molar-refractivity contribution in [1.29, 1.82) is 0 Å². The molecule has 0 aromatic heterocycles. The van der Waals surface area contributed by atoms with Gasteiger partial charge in [-0.1, -0.05) is 13.3 Å². The second-order valence-corrected chi connectivity index (χ2v) is 7.67. The Morgan fingerprint density at radius 3 is 2.72 bits per heavy atom. The second-order valence-electron chi connectivity index (χ2n) is 7.67. The molecule has 1 saturated carbocycles. The van der Waals surface area contributed by atoms with Gasteiger partial charge in [0, 0.05) is 31.2 Å². The summed E-state index contributed by atoms with van der Waals surface area (Å²) in [6, 6.07) is 7.83. The Bertz CT molecular complexity index is 561. The number of rotatable bonds is 7. The molecule has 1 amide bonds. The highest BCUT2D eigenvalue weighted by Crippen LogP contribution is 2.27. The lowest BCUT2D eigenvalue weighted by molar-refractivity contribution is -0.117. The Morgan fingerprint density at radius 2 is 2.08 bits per heavy atom. The SMILES string of the molecule is CC1CCN(CCOc2ccc(NC(=O)C[C@@H]3CCC[C@H]3N)cc2)C1. The molecule has 1 aliphatic heterocycles. The topological polar surface area (TPSA) is 67.6 Å². The summed E-state index contributed by atoms with van der Waals surface area (Å²) in [7, 11) is 0. The number of hydrogen-bond donors (Lipinski definition) is 2. The van der Waals surface area contributed by atoms with E-state index in [1.807, 2.05) is 24.3 Å². The fourth-order valence-corrected chi connectivity index (χ4v) is 3.93. The number of carbonyl (C=O) groups is 1. The maximum absolute atomic E-state index is 12.1. The van der Waals surface area contributed by atoms with Crippen molar-refractivity contribution in [3.05, 3.63) is 24.3 Å². The van der Waals surface area contributed by atoms with Crippen LogP contribution >= 0.6 is 0 Å². The van der Waals surface area contributed by atoms with Crippen LogP contribution in [0, 0.1) is 11.8 Å². The molecule has 2 fully saturated rings. The smallest absolute Gasteiger partial charge is 0.224 e. The standard InChI is InChI=1S/C20H31N3O2/c1-15-9-10-23(14-15)11-12-25-18-7-5-17(6-8-18)22-20(24)13-16-3-2-4-19(16)21/h5-8,15-16,19H,2-4,9-14,21H2,1H3,(H,22,24)/t15?,16-,19+/m0/s1. The van der Waals surface area contributed by atoms with Gasteiger partial charge in [-0.05, 0) is 61.9 Å². The third kappa shape index (κ3) is 5.44. The highest BCUT2D eigenvalue weighted by Gasteiger charge is 2.26. The lowest BCUT2D eigenvalue weighted by atomic mass is 10.00. The molecule has 1 unspecified atom stereocenters. The molecule has 0 spiro atoms. The number of nitrogens with two attached hydrogens (primary N) is 1. The van der Waals surface area contributed by atoms with Gasteiger partial charge in [-0.25, -0.2) is 0 Å². The van der Waals surface area contributed by atoms with Crippen molar-refractivity contribution in [3.8, 4) is 5.75 Å². The highest BCUT2D eigenvalue weighted by molar-refractivity contribution is 5.90. The number of anilines is 1. The molecule has 1 aromatic carbocycles. The van der Waals surface area contributed by atoms with Gasteiger partial charge in [0.2, 0.25) is 5.91 Å². The van der Waals surface area contributed by atoms with Gasteiger partial charge >= 0.3 is 0 Å². The summed E-state index contributed by atoms with van der Waals surface area (Å²) in [5.41, 5.74) is 6.86. The van der Waals surface area contributed by atoms with Crippen LogP contribution in [0.5, 0.6) is 5.75 Å². The zero-order valence-corrected chi connectivity index (χ0v) is 15.2. The van der Waals surface area contributed by atoms with Crippen molar-refractivity contribution in [1.82, 2.24) is 4.90 Å². The molecule has 3 rings (SSSR count). The van der Waals surface area contributed by atoms with Gasteiger partial charge in [0.05, 0.1) is 0 Å². The number of nitrogens with zero attached hydrogens (tertiary/aromatic N) is 1. The largest absolute Gasteiger partial charge is 0.492 e. The number of ether oxygens (including phenoxy) is 1. The van der Waals surface area contributed by atoms with E-state index in [1.165, 1.54) is 19.5 Å². The lowest BCUT2D eigenvalue weighted by Crippen LogP contribution is -2.28. The van der Waals surface area contributed by atoms with Gasteiger partial charge in [0.25, 0.3) is 0 Å². The predicted molar refractivity (Wildman–Crippen MR) is 101 cm³/mol. The van der Waals surface area contributed by atoms with Crippen LogP contribution in [0.25, 0.3) is 0 Å². The number of benzene rings is 1. The van der Waals surface area contributed by atoms with E-state index in [0.29, 0.717) is 18.9 Å². The number of nitrogens with one attached hydrogen (secondary N) is 1. The first-order chi connectivity index (χ1) is 12.1. The van der Waals surface area contributed by atoms with E-state index in [-0.39, 0.29) is 11.9 Å². The summed E-state index contributed by atoms with van der Waals surface area (Å²) in [5.74, 6) is 2.04. The van der Waals surface area contributed by atoms with Gasteiger partial charge in [-0.2, -0.15) is 0 Å². The van der Waals surface area contributed by atoms with Gasteiger partial charge in [0.1, 0.15) is 12.4 Å². The minimum atomic E-state index is 0.0548. The van der Waals surface area contributed by atoms with Crippen molar-refractivity contribution in [3.63, 3.8) is 0 Å². The Morgan fingerprint density at radius 1 is 1.28 bits per heavy atom. The van der Waals surface area contributed by atoms with Crippen LogP contribution in [0.15, 0.2) is 24.3 Å². The molecular formula is C20H31N3O2. The van der Waals surface area contributed by atoms with E-state index in [9.17, 15) is 4.79 Å². The predicted octanol–water partition coefficient (Wildman–Crippen LogP) is 2.86. The van der Waals surface area contributed by atoms with Crippen molar-refractivity contribution in [2.75, 3.05) is 31.6 Å². The minimum Gasteiger partial charge on any atom is -0.492 e. The number of amides is 1. The molecule has 5 heteroatoms. The zero-order valence-electron chi connectivity index (χ0n) is 15.2. The van der Waals surface area contributed by atoms with E-state index in [2.05, 4.69) is 17.1 Å². The molecule has 138 valence electrons. The van der Waals surface area contributed by atoms with Crippen LogP contribution in [-0.4, -0.2) is 43.1 Å². The highest BCUT2D eigenvalue weighted by atomic mass is 16.5. The third-order valence-corrected chi connectivity index (χ3v) is 5.49. The summed E-state index contributed by atoms with van der Waals surface area (Å²) < 4.78 is 5.81. The summed E-state index contributed by atoms with van der Waals surface area (Å²) in [6.07, 6.45) is 5.06. The Balaban J connectivity index is 1.38. The monoisotopic (exact) mass is 345 g/mol. The van der Waals surface area contributed by atoms with Gasteiger partial charge in [-0.15, -0.1) is 0 Å². The summed E-state index contributed by atoms with van der Waals surface area (Å²) in [6.45, 7) is 6.34. The molecule has 0 bridgehead atoms. The van der Waals surface area contributed by atoms with Crippen LogP contribution in [0.1, 0.15) is 39.0 Å². The number of hydrogen-bond acceptors (Lipinski definition) is 4. The minimum absolute atomic E-state index is 0.0548. The Labute approximate surface area is 150 Å². The molecular weight excluding hydrogens is 314 g/mol. The van der Waals surface area contributed by atoms with Gasteiger partial charge in [-0.3, -0.25) is 9.69 Å². The molecule has 25 heavy (non-hydrogen) atoms. The van der Waals surface area contributed by atoms with E-state index in [1.54, 1.807) is 0 Å². The number of likely N-dealkylation sites (tertiary alicyclic amines) is 1. The van der Waals surface area contributed by atoms with Crippen molar-refractivity contribution >= 4 is 11.6 Å². The molecule has 3 atom stereocenters. The molecule has 1 aromatic rings. The maximum Gasteiger partial charge on any atom is 0.224 e. The summed E-state index contributed by atoms with van der Waals surface area (Å²) in [4.78, 5) is 14.6. The Hall–Kier alpha value is -1.59. The van der Waals surface area contributed by atoms with Gasteiger partial charge < -0.3 is 15.8 Å². The second kappa shape index (κ2) is 8.68. The first kappa shape index (κ1) is 18.2. The quantitative estimate of drug-likeness (QED) is 0.797. The fraction of sp³-hybridized carbons (Fsp3) is 0.650. The van der Waals surface area contributed by atoms with Crippen molar-refractivity contribution < 1.29 is 9.53 Å². The van der Waals surface area contributed by atoms with E-state index < -0.39 is 0 Å². The zero-order chi connectivity index (χ0) is 17.6. The van der Waals surface area contributed by atoms with Crippen LogP contribution in [-0.2, 0) is 4.79 Å². The van der Waals surface area contributed by atoms with E-state index in [4.69, 9.17) is 10.5 Å². The molecule has 5 nitrogen and oxygen atoms in total. The summed E-state index contributed by atoms with van der Waals surface area (Å²) >= 11 is 0. The number of carbonyl (C=O) groups excluding carboxylic acids is 1. The van der Waals surface area contributed by atoms with E-state index >= 15 is 0 Å². The molecule has 1 aliphatic carbocycles. The third-order valence-electron chi connectivity index (χ3n) is 5.49. The van der Waals surface area contributed by atoms with Crippen LogP contribution < -0.4 is 15.8 Å². The Kier molecular flexibility index (Phi) is 6.32. The molecule has 1 heterocycles.